The summed E-state index contributed by atoms with van der Waals surface area (Å²) in [6.45, 7) is 1.24. The minimum atomic E-state index is -1.40. The Morgan fingerprint density at radius 2 is 1.62 bits per heavy atom. The summed E-state index contributed by atoms with van der Waals surface area (Å²) in [6.07, 6.45) is 3.49. The number of benzene rings is 3. The minimum Gasteiger partial charge on any atom is -0.454 e. The van der Waals surface area contributed by atoms with Crippen LogP contribution in [0.3, 0.4) is 0 Å². The van der Waals surface area contributed by atoms with Crippen LogP contribution in [-0.2, 0) is 0 Å². The molecule has 1 nitrogen and oxygen atoms in total. The van der Waals surface area contributed by atoms with Crippen molar-refractivity contribution in [1.29, 1.82) is 0 Å². The minimum absolute atomic E-state index is 0.0529. The molecule has 1 aliphatic rings. The molecule has 0 bridgehead atoms. The van der Waals surface area contributed by atoms with Gasteiger partial charge in [-0.2, -0.15) is 0 Å². The van der Waals surface area contributed by atoms with Crippen molar-refractivity contribution in [3.8, 4) is 11.5 Å². The molecule has 4 rings (SSSR count). The van der Waals surface area contributed by atoms with E-state index in [2.05, 4.69) is 0 Å². The van der Waals surface area contributed by atoms with Gasteiger partial charge in [-0.05, 0) is 73.2 Å². The first kappa shape index (κ1) is 21.8. The molecule has 0 N–H and O–H groups in total. The summed E-state index contributed by atoms with van der Waals surface area (Å²) in [5, 5.41) is 0. The maximum Gasteiger partial charge on any atom is 0.169 e. The van der Waals surface area contributed by atoms with Gasteiger partial charge in [-0.1, -0.05) is 30.3 Å². The van der Waals surface area contributed by atoms with Crippen LogP contribution < -0.4 is 4.74 Å². The van der Waals surface area contributed by atoms with Gasteiger partial charge in [-0.3, -0.25) is 0 Å². The third-order valence-corrected chi connectivity index (χ3v) is 5.20. The van der Waals surface area contributed by atoms with Crippen LogP contribution in [0, 0.1) is 36.1 Å². The second-order valence-corrected chi connectivity index (χ2v) is 7.65. The number of allylic oxidation sites excluding steroid dienone is 3. The van der Waals surface area contributed by atoms with Gasteiger partial charge in [0.05, 0.1) is 5.56 Å². The van der Waals surface area contributed by atoms with Gasteiger partial charge in [0.2, 0.25) is 0 Å². The molecule has 0 spiro atoms. The van der Waals surface area contributed by atoms with Crippen molar-refractivity contribution in [2.24, 2.45) is 5.92 Å². The van der Waals surface area contributed by atoms with E-state index in [1.165, 1.54) is 31.2 Å². The molecule has 0 heterocycles. The first-order chi connectivity index (χ1) is 15.3. The van der Waals surface area contributed by atoms with Gasteiger partial charge in [0.15, 0.2) is 23.2 Å². The molecule has 1 saturated carbocycles. The number of para-hydroxylation sites is 1. The number of hydrogen-bond acceptors (Lipinski definition) is 1. The van der Waals surface area contributed by atoms with E-state index in [4.69, 9.17) is 4.74 Å². The zero-order valence-corrected chi connectivity index (χ0v) is 17.1. The molecule has 1 fully saturated rings. The molecule has 0 saturated heterocycles. The molecule has 0 unspecified atom stereocenters. The van der Waals surface area contributed by atoms with Gasteiger partial charge in [0.1, 0.15) is 17.4 Å². The van der Waals surface area contributed by atoms with E-state index in [1.54, 1.807) is 30.3 Å². The molecule has 0 atom stereocenters. The maximum absolute atomic E-state index is 15.1. The average Bonchev–Trinajstić information content (AvgIpc) is 3.61. The molecule has 3 aromatic carbocycles. The Bertz CT molecular complexity index is 1210. The highest BCUT2D eigenvalue weighted by atomic mass is 19.2. The highest BCUT2D eigenvalue weighted by Crippen LogP contribution is 2.46. The molecule has 0 aliphatic heterocycles. The predicted octanol–water partition coefficient (Wildman–Crippen LogP) is 8.15. The zero-order valence-electron chi connectivity index (χ0n) is 17.1. The van der Waals surface area contributed by atoms with Crippen LogP contribution in [0.15, 0.2) is 66.5 Å². The van der Waals surface area contributed by atoms with Gasteiger partial charge in [-0.15, -0.1) is 0 Å². The fourth-order valence-corrected chi connectivity index (χ4v) is 3.43. The van der Waals surface area contributed by atoms with Crippen LogP contribution in [-0.4, -0.2) is 0 Å². The standard InChI is InChI=1S/C26H19F5O/c1-15-13-21(29)24(26(31)25(15)30)23(17-9-10-17)20(28)12-8-16-7-11-19(27)22(14-16)32-18-5-3-2-4-6-18/h2-8,11-14,17H,9-10H2,1H3. The van der Waals surface area contributed by atoms with Crippen LogP contribution in [0.4, 0.5) is 22.0 Å². The van der Waals surface area contributed by atoms with E-state index < -0.39 is 40.6 Å². The quantitative estimate of drug-likeness (QED) is 0.213. The highest BCUT2D eigenvalue weighted by molar-refractivity contribution is 5.75. The topological polar surface area (TPSA) is 9.23 Å². The van der Waals surface area contributed by atoms with Crippen LogP contribution in [0.25, 0.3) is 11.6 Å². The second kappa shape index (κ2) is 8.99. The summed E-state index contributed by atoms with van der Waals surface area (Å²) < 4.78 is 77.7. The fourth-order valence-electron chi connectivity index (χ4n) is 3.43. The van der Waals surface area contributed by atoms with Gasteiger partial charge >= 0.3 is 0 Å². The Morgan fingerprint density at radius 1 is 0.906 bits per heavy atom. The molecular weight excluding hydrogens is 423 g/mol. The first-order valence-corrected chi connectivity index (χ1v) is 10.1. The van der Waals surface area contributed by atoms with E-state index in [-0.39, 0.29) is 16.9 Å². The Balaban J connectivity index is 1.68. The molecule has 164 valence electrons. The van der Waals surface area contributed by atoms with Crippen LogP contribution in [0.1, 0.15) is 29.5 Å². The molecule has 32 heavy (non-hydrogen) atoms. The maximum atomic E-state index is 15.1. The smallest absolute Gasteiger partial charge is 0.169 e. The third kappa shape index (κ3) is 4.59. The number of aryl methyl sites for hydroxylation is 1. The Labute approximate surface area is 182 Å². The lowest BCUT2D eigenvalue weighted by atomic mass is 9.97. The molecule has 6 heteroatoms. The molecule has 0 radical (unpaired) electrons. The lowest BCUT2D eigenvalue weighted by Crippen LogP contribution is -2.03. The van der Waals surface area contributed by atoms with Gasteiger partial charge in [-0.25, -0.2) is 22.0 Å². The summed E-state index contributed by atoms with van der Waals surface area (Å²) >= 11 is 0. The van der Waals surface area contributed by atoms with E-state index in [9.17, 15) is 17.6 Å². The van der Waals surface area contributed by atoms with Gasteiger partial charge < -0.3 is 4.74 Å². The molecule has 3 aromatic rings. The van der Waals surface area contributed by atoms with Crippen molar-refractivity contribution in [1.82, 2.24) is 0 Å². The van der Waals surface area contributed by atoms with Gasteiger partial charge in [0.25, 0.3) is 0 Å². The third-order valence-electron chi connectivity index (χ3n) is 5.20. The van der Waals surface area contributed by atoms with E-state index >= 15 is 4.39 Å². The van der Waals surface area contributed by atoms with Crippen molar-refractivity contribution in [2.45, 2.75) is 19.8 Å². The zero-order chi connectivity index (χ0) is 22.8. The number of hydrogen-bond donors (Lipinski definition) is 0. The Morgan fingerprint density at radius 3 is 2.31 bits per heavy atom. The monoisotopic (exact) mass is 442 g/mol. The number of rotatable bonds is 6. The summed E-state index contributed by atoms with van der Waals surface area (Å²) in [5.41, 5.74) is -0.645. The van der Waals surface area contributed by atoms with Crippen molar-refractivity contribution in [3.63, 3.8) is 0 Å². The Kier molecular flexibility index (Phi) is 6.12. The highest BCUT2D eigenvalue weighted by Gasteiger charge is 2.34. The first-order valence-electron chi connectivity index (χ1n) is 10.1. The largest absolute Gasteiger partial charge is 0.454 e. The van der Waals surface area contributed by atoms with Crippen LogP contribution >= 0.6 is 0 Å². The predicted molar refractivity (Wildman–Crippen MR) is 114 cm³/mol. The molecular formula is C26H19F5O. The number of halogens is 5. The van der Waals surface area contributed by atoms with Crippen molar-refractivity contribution < 1.29 is 26.7 Å². The lowest BCUT2D eigenvalue weighted by molar-refractivity contribution is 0.442. The molecule has 0 amide bonds. The summed E-state index contributed by atoms with van der Waals surface area (Å²) in [6, 6.07) is 13.4. The summed E-state index contributed by atoms with van der Waals surface area (Å²) in [7, 11) is 0. The lowest BCUT2D eigenvalue weighted by Gasteiger charge is -2.12. The molecule has 1 aliphatic carbocycles. The molecule has 0 aromatic heterocycles. The summed E-state index contributed by atoms with van der Waals surface area (Å²) in [4.78, 5) is 0. The SMILES string of the molecule is Cc1cc(F)c(C(=C(F)C=Cc2ccc(F)c(Oc3ccccc3)c2)C2CC2)c(F)c1F. The average molecular weight is 442 g/mol. The normalized spacial score (nSPS) is 14.6. The van der Waals surface area contributed by atoms with E-state index in [1.807, 2.05) is 0 Å². The fraction of sp³-hybridized carbons (Fsp3) is 0.154. The van der Waals surface area contributed by atoms with Crippen molar-refractivity contribution in [2.75, 3.05) is 0 Å². The Hall–Kier alpha value is -3.41. The van der Waals surface area contributed by atoms with Crippen molar-refractivity contribution in [3.05, 3.63) is 106 Å². The van der Waals surface area contributed by atoms with E-state index in [0.717, 1.165) is 12.1 Å². The van der Waals surface area contributed by atoms with Gasteiger partial charge in [0, 0.05) is 5.57 Å². The number of ether oxygens (including phenoxy) is 1. The second-order valence-electron chi connectivity index (χ2n) is 7.65. The summed E-state index contributed by atoms with van der Waals surface area (Å²) in [5.74, 6) is -5.08. The van der Waals surface area contributed by atoms with Crippen LogP contribution in [0.2, 0.25) is 0 Å². The van der Waals surface area contributed by atoms with Crippen LogP contribution in [0.5, 0.6) is 11.5 Å². The van der Waals surface area contributed by atoms with Crippen molar-refractivity contribution >= 4 is 11.6 Å². The van der Waals surface area contributed by atoms with E-state index in [0.29, 0.717) is 24.2 Å².